The average Bonchev–Trinajstić information content (AvgIpc) is 2.96. The van der Waals surface area contributed by atoms with Crippen molar-refractivity contribution in [3.63, 3.8) is 0 Å². The van der Waals surface area contributed by atoms with Crippen LogP contribution in [0.2, 0.25) is 20.1 Å². The van der Waals surface area contributed by atoms with E-state index in [-0.39, 0.29) is 34.0 Å². The van der Waals surface area contributed by atoms with Gasteiger partial charge in [-0.3, -0.25) is 0 Å². The lowest BCUT2D eigenvalue weighted by Crippen LogP contribution is -3.00. The van der Waals surface area contributed by atoms with Gasteiger partial charge in [0.25, 0.3) is 0 Å². The van der Waals surface area contributed by atoms with E-state index in [0.717, 1.165) is 93.5 Å². The van der Waals surface area contributed by atoms with Gasteiger partial charge >= 0.3 is 0 Å². The highest BCUT2D eigenvalue weighted by Crippen LogP contribution is 2.41. The maximum Gasteiger partial charge on any atom is 0.214 e. The molecule has 2 aromatic heterocycles. The van der Waals surface area contributed by atoms with Crippen LogP contribution in [0.3, 0.4) is 0 Å². The quantitative estimate of drug-likeness (QED) is 0.158. The lowest BCUT2D eigenvalue weighted by atomic mass is 9.91. The minimum atomic E-state index is 0. The highest BCUT2D eigenvalue weighted by molar-refractivity contribution is 6.40. The molecule has 8 heteroatoms. The standard InChI is InChI=1S/C35H30Cl4N2.2BrH/c1-3-5-19-40-28-15-7-11-24(36)32(28)22(33-25(37)12-8-16-29(33)40)21-23-34-26(38)13-9-17-30(34)41(20-6-4-2)31-18-10-14-27(39)35(23)31;;/h7-18H,3-6,19-20H2,1-2H3;2*1H/q+2;;/p-2. The summed E-state index contributed by atoms with van der Waals surface area (Å²) in [6.45, 7) is 6.12. The van der Waals surface area contributed by atoms with E-state index in [1.165, 1.54) is 0 Å². The summed E-state index contributed by atoms with van der Waals surface area (Å²) in [5, 5.41) is 6.24. The van der Waals surface area contributed by atoms with Crippen molar-refractivity contribution >= 4 is 90.0 Å². The smallest absolute Gasteiger partial charge is 0.214 e. The molecule has 2 nitrogen and oxygen atoms in total. The number of pyridine rings is 2. The second-order valence-electron chi connectivity index (χ2n) is 10.4. The Morgan fingerprint density at radius 1 is 0.488 bits per heavy atom. The number of hydrogen-bond acceptors (Lipinski definition) is 0. The summed E-state index contributed by atoms with van der Waals surface area (Å²) < 4.78 is 4.66. The lowest BCUT2D eigenvalue weighted by Gasteiger charge is -2.17. The molecule has 6 aromatic rings. The molecule has 0 atom stereocenters. The summed E-state index contributed by atoms with van der Waals surface area (Å²) >= 11 is 28.1. The van der Waals surface area contributed by atoms with Crippen LogP contribution in [-0.4, -0.2) is 0 Å². The van der Waals surface area contributed by atoms with E-state index < -0.39 is 0 Å². The maximum atomic E-state index is 7.02. The van der Waals surface area contributed by atoms with Gasteiger partial charge in [0.2, 0.25) is 22.1 Å². The third-order valence-electron chi connectivity index (χ3n) is 7.85. The number of benzene rings is 4. The van der Waals surface area contributed by atoms with Gasteiger partial charge in [0.15, 0.2) is 0 Å². The number of halogens is 6. The molecule has 43 heavy (non-hydrogen) atoms. The molecule has 0 aliphatic rings. The van der Waals surface area contributed by atoms with Gasteiger partial charge in [0, 0.05) is 37.1 Å². The predicted molar refractivity (Wildman–Crippen MR) is 175 cm³/mol. The number of hydrogen-bond donors (Lipinski definition) is 0. The van der Waals surface area contributed by atoms with Crippen molar-refractivity contribution in [3.05, 3.63) is 110 Å². The molecule has 222 valence electrons. The zero-order chi connectivity index (χ0) is 28.7. The molecule has 0 amide bonds. The second kappa shape index (κ2) is 14.6. The fourth-order valence-corrected chi connectivity index (χ4v) is 7.00. The monoisotopic (exact) mass is 776 g/mol. The Kier molecular flexibility index (Phi) is 11.6. The first-order valence-corrected chi connectivity index (χ1v) is 15.7. The molecule has 0 unspecified atom stereocenters. The Hall–Kier alpha value is -1.66. The third-order valence-corrected chi connectivity index (χ3v) is 9.11. The number of rotatable bonds is 8. The topological polar surface area (TPSA) is 7.76 Å². The van der Waals surface area contributed by atoms with Gasteiger partial charge in [-0.15, -0.1) is 0 Å². The lowest BCUT2D eigenvalue weighted by molar-refractivity contribution is -0.646. The molecule has 0 N–H and O–H groups in total. The molecule has 0 aliphatic heterocycles. The minimum absolute atomic E-state index is 0. The normalized spacial score (nSPS) is 11.3. The number of aryl methyl sites for hydroxylation is 2. The molecule has 0 saturated carbocycles. The molecule has 2 heterocycles. The summed E-state index contributed by atoms with van der Waals surface area (Å²) in [4.78, 5) is 0. The fraction of sp³-hybridized carbons (Fsp3) is 0.229. The van der Waals surface area contributed by atoms with Crippen LogP contribution in [0.4, 0.5) is 0 Å². The highest BCUT2D eigenvalue weighted by Gasteiger charge is 2.29. The van der Waals surface area contributed by atoms with E-state index in [2.05, 4.69) is 53.7 Å². The van der Waals surface area contributed by atoms with Crippen LogP contribution in [0.1, 0.15) is 50.7 Å². The van der Waals surface area contributed by atoms with Crippen LogP contribution in [0, 0.1) is 6.42 Å². The van der Waals surface area contributed by atoms with Crippen LogP contribution in [0.5, 0.6) is 0 Å². The number of aromatic nitrogens is 2. The van der Waals surface area contributed by atoms with Crippen molar-refractivity contribution in [1.82, 2.24) is 0 Å². The van der Waals surface area contributed by atoms with Gasteiger partial charge in [0.1, 0.15) is 13.1 Å². The first kappa shape index (κ1) is 34.2. The first-order valence-electron chi connectivity index (χ1n) is 14.2. The van der Waals surface area contributed by atoms with E-state index in [4.69, 9.17) is 46.4 Å². The summed E-state index contributed by atoms with van der Waals surface area (Å²) in [5.74, 6) is 0. The average molecular weight is 780 g/mol. The molecule has 2 radical (unpaired) electrons. The molecule has 4 aromatic carbocycles. The Bertz CT molecular complexity index is 1690. The fourth-order valence-electron chi connectivity index (χ4n) is 5.94. The van der Waals surface area contributed by atoms with Crippen molar-refractivity contribution in [2.45, 2.75) is 52.6 Å². The molecule has 0 aliphatic carbocycles. The third kappa shape index (κ3) is 6.13. The summed E-state index contributed by atoms with van der Waals surface area (Å²) in [6, 6.07) is 24.3. The van der Waals surface area contributed by atoms with Crippen molar-refractivity contribution in [2.75, 3.05) is 0 Å². The molecule has 0 saturated heterocycles. The van der Waals surface area contributed by atoms with Gasteiger partial charge in [-0.2, -0.15) is 9.13 Å². The van der Waals surface area contributed by atoms with Crippen LogP contribution in [0.25, 0.3) is 43.6 Å². The largest absolute Gasteiger partial charge is 1.00 e. The molecular weight excluding hydrogens is 750 g/mol. The van der Waals surface area contributed by atoms with E-state index in [0.29, 0.717) is 20.1 Å². The molecular formula is C35H30Br2Cl4N2. The first-order chi connectivity index (χ1) is 20.0. The molecule has 0 spiro atoms. The Morgan fingerprint density at radius 3 is 1.02 bits per heavy atom. The van der Waals surface area contributed by atoms with Crippen molar-refractivity contribution in [2.24, 2.45) is 0 Å². The Balaban J connectivity index is 0.00000212. The number of unbranched alkanes of at least 4 members (excludes halogenated alkanes) is 2. The van der Waals surface area contributed by atoms with Crippen LogP contribution < -0.4 is 43.1 Å². The van der Waals surface area contributed by atoms with Crippen LogP contribution in [-0.2, 0) is 13.1 Å². The van der Waals surface area contributed by atoms with Crippen molar-refractivity contribution in [3.8, 4) is 0 Å². The van der Waals surface area contributed by atoms with Gasteiger partial charge in [-0.25, -0.2) is 0 Å². The van der Waals surface area contributed by atoms with Crippen LogP contribution in [0.15, 0.2) is 72.8 Å². The SMILES string of the molecule is CCCC[n+]1c2cccc(Cl)c2c([C]c2c3c(Cl)cccc3[n+](CCCC)c3cccc(Cl)c23)c2c(Cl)cccc21.[Br-].[Br-]. The highest BCUT2D eigenvalue weighted by atomic mass is 79.9. The van der Waals surface area contributed by atoms with E-state index in [1.54, 1.807) is 0 Å². The van der Waals surface area contributed by atoms with E-state index in [1.807, 2.05) is 48.5 Å². The molecule has 0 bridgehead atoms. The second-order valence-corrected chi connectivity index (χ2v) is 12.1. The maximum absolute atomic E-state index is 7.02. The van der Waals surface area contributed by atoms with Gasteiger partial charge < -0.3 is 34.0 Å². The van der Waals surface area contributed by atoms with Crippen molar-refractivity contribution in [1.29, 1.82) is 0 Å². The van der Waals surface area contributed by atoms with Gasteiger partial charge in [-0.1, -0.05) is 97.4 Å². The van der Waals surface area contributed by atoms with Crippen molar-refractivity contribution < 1.29 is 43.1 Å². The minimum Gasteiger partial charge on any atom is -1.00 e. The molecule has 0 fully saturated rings. The summed E-state index contributed by atoms with van der Waals surface area (Å²) in [5.41, 5.74) is 5.86. The van der Waals surface area contributed by atoms with Crippen LogP contribution >= 0.6 is 46.4 Å². The van der Waals surface area contributed by atoms with Gasteiger partial charge in [0.05, 0.1) is 48.1 Å². The van der Waals surface area contributed by atoms with Gasteiger partial charge in [-0.05, 0) is 35.4 Å². The predicted octanol–water partition coefficient (Wildman–Crippen LogP) is 4.57. The number of nitrogens with zero attached hydrogens (tertiary/aromatic N) is 2. The number of fused-ring (bicyclic) bond motifs is 4. The van der Waals surface area contributed by atoms with E-state index in [9.17, 15) is 0 Å². The Morgan fingerprint density at radius 2 is 0.767 bits per heavy atom. The van der Waals surface area contributed by atoms with E-state index >= 15 is 0 Å². The molecule has 6 rings (SSSR count). The Labute approximate surface area is 294 Å². The summed E-state index contributed by atoms with van der Waals surface area (Å²) in [6.07, 6.45) is 8.08. The zero-order valence-corrected chi connectivity index (χ0v) is 30.0. The zero-order valence-electron chi connectivity index (χ0n) is 23.8. The summed E-state index contributed by atoms with van der Waals surface area (Å²) in [7, 11) is 0.